The summed E-state index contributed by atoms with van der Waals surface area (Å²) in [5.74, 6) is 0.390. The van der Waals surface area contributed by atoms with E-state index < -0.39 is 5.54 Å². The Bertz CT molecular complexity index is 311. The van der Waals surface area contributed by atoms with Crippen LogP contribution in [-0.2, 0) is 4.79 Å². The number of rotatable bonds is 4. The molecule has 1 saturated carbocycles. The zero-order valence-corrected chi connectivity index (χ0v) is 12.4. The molecule has 0 aromatic carbocycles. The number of carbonyl (C=O) groups excluding carboxylic acids is 1. The molecule has 1 heterocycles. The van der Waals surface area contributed by atoms with Crippen LogP contribution in [0.5, 0.6) is 0 Å². The maximum Gasteiger partial charge on any atom is 0.237 e. The fourth-order valence-corrected chi connectivity index (χ4v) is 3.60. The van der Waals surface area contributed by atoms with Crippen molar-refractivity contribution in [3.63, 3.8) is 0 Å². The van der Waals surface area contributed by atoms with Crippen molar-refractivity contribution < 1.29 is 4.79 Å². The summed E-state index contributed by atoms with van der Waals surface area (Å²) in [6.07, 6.45) is 8.92. The number of amides is 1. The fourth-order valence-electron chi connectivity index (χ4n) is 3.60. The van der Waals surface area contributed by atoms with Gasteiger partial charge in [0.1, 0.15) is 0 Å². The highest BCUT2D eigenvalue weighted by Gasteiger charge is 2.36. The Hall–Kier alpha value is -0.610. The van der Waals surface area contributed by atoms with Gasteiger partial charge in [-0.15, -0.1) is 0 Å². The predicted molar refractivity (Wildman–Crippen MR) is 77.8 cm³/mol. The van der Waals surface area contributed by atoms with Crippen LogP contribution in [0.3, 0.4) is 0 Å². The van der Waals surface area contributed by atoms with Gasteiger partial charge in [0.05, 0.1) is 5.54 Å². The molecule has 1 saturated heterocycles. The number of primary amides is 1. The molecule has 1 amide bonds. The molecule has 2 fully saturated rings. The highest BCUT2D eigenvalue weighted by Crippen LogP contribution is 2.31. The summed E-state index contributed by atoms with van der Waals surface area (Å²) in [5, 5.41) is 7.21. The van der Waals surface area contributed by atoms with Gasteiger partial charge in [-0.2, -0.15) is 0 Å². The van der Waals surface area contributed by atoms with Crippen LogP contribution in [0, 0.1) is 5.92 Å². The van der Waals surface area contributed by atoms with E-state index in [-0.39, 0.29) is 5.91 Å². The molecule has 2 rings (SSSR count). The second-order valence-corrected chi connectivity index (χ2v) is 6.74. The standard InChI is InChI=1S/C15H29N3O/c1-15(2,14(16)19)18-13-9-4-3-7-11(13)12-8-5-6-10-17-12/h11-13,17-18H,3-10H2,1-2H3,(H2,16,19). The van der Waals surface area contributed by atoms with E-state index in [4.69, 9.17) is 5.73 Å². The molecule has 0 radical (unpaired) electrons. The molecule has 19 heavy (non-hydrogen) atoms. The van der Waals surface area contributed by atoms with E-state index in [0.717, 1.165) is 6.54 Å². The zero-order chi connectivity index (χ0) is 13.9. The normalized spacial score (nSPS) is 33.1. The van der Waals surface area contributed by atoms with Gasteiger partial charge in [0.25, 0.3) is 0 Å². The van der Waals surface area contributed by atoms with Crippen molar-refractivity contribution in [3.8, 4) is 0 Å². The fraction of sp³-hybridized carbons (Fsp3) is 0.933. The summed E-state index contributed by atoms with van der Waals surface area (Å²) >= 11 is 0. The van der Waals surface area contributed by atoms with Crippen molar-refractivity contribution in [2.75, 3.05) is 6.54 Å². The summed E-state index contributed by atoms with van der Waals surface area (Å²) < 4.78 is 0. The average molecular weight is 267 g/mol. The van der Waals surface area contributed by atoms with Crippen molar-refractivity contribution >= 4 is 5.91 Å². The van der Waals surface area contributed by atoms with E-state index in [1.165, 1.54) is 44.9 Å². The first kappa shape index (κ1) is 14.8. The molecule has 2 aliphatic rings. The second-order valence-electron chi connectivity index (χ2n) is 6.74. The van der Waals surface area contributed by atoms with Gasteiger partial charge in [-0.05, 0) is 52.0 Å². The van der Waals surface area contributed by atoms with E-state index in [2.05, 4.69) is 10.6 Å². The van der Waals surface area contributed by atoms with Gasteiger partial charge in [0, 0.05) is 12.1 Å². The van der Waals surface area contributed by atoms with Crippen LogP contribution in [0.2, 0.25) is 0 Å². The third-order valence-corrected chi connectivity index (χ3v) is 4.85. The van der Waals surface area contributed by atoms with Gasteiger partial charge >= 0.3 is 0 Å². The van der Waals surface area contributed by atoms with Crippen LogP contribution in [0.1, 0.15) is 58.8 Å². The average Bonchev–Trinajstić information content (AvgIpc) is 2.40. The highest BCUT2D eigenvalue weighted by molar-refractivity contribution is 5.83. The Morgan fingerprint density at radius 3 is 2.47 bits per heavy atom. The smallest absolute Gasteiger partial charge is 0.237 e. The lowest BCUT2D eigenvalue weighted by Gasteiger charge is -2.42. The van der Waals surface area contributed by atoms with Crippen LogP contribution in [0.15, 0.2) is 0 Å². The minimum Gasteiger partial charge on any atom is -0.368 e. The summed E-state index contributed by atoms with van der Waals surface area (Å²) in [6, 6.07) is 1.04. The van der Waals surface area contributed by atoms with Gasteiger partial charge < -0.3 is 16.4 Å². The van der Waals surface area contributed by atoms with Gasteiger partial charge in [-0.25, -0.2) is 0 Å². The molecular weight excluding hydrogens is 238 g/mol. The monoisotopic (exact) mass is 267 g/mol. The van der Waals surface area contributed by atoms with Crippen molar-refractivity contribution in [2.45, 2.75) is 76.4 Å². The van der Waals surface area contributed by atoms with E-state index in [1.54, 1.807) is 0 Å². The van der Waals surface area contributed by atoms with Gasteiger partial charge in [0.2, 0.25) is 5.91 Å². The molecule has 0 aromatic rings. The van der Waals surface area contributed by atoms with Gasteiger partial charge in [-0.1, -0.05) is 19.3 Å². The Morgan fingerprint density at radius 2 is 1.84 bits per heavy atom. The van der Waals surface area contributed by atoms with E-state index >= 15 is 0 Å². The van der Waals surface area contributed by atoms with Crippen LogP contribution < -0.4 is 16.4 Å². The summed E-state index contributed by atoms with van der Waals surface area (Å²) in [7, 11) is 0. The number of nitrogens with one attached hydrogen (secondary N) is 2. The molecule has 3 unspecified atom stereocenters. The molecular formula is C15H29N3O. The molecule has 1 aliphatic heterocycles. The first-order valence-corrected chi connectivity index (χ1v) is 7.82. The molecule has 0 bridgehead atoms. The Morgan fingerprint density at radius 1 is 1.16 bits per heavy atom. The van der Waals surface area contributed by atoms with Crippen LogP contribution in [-0.4, -0.2) is 30.1 Å². The first-order valence-electron chi connectivity index (χ1n) is 7.82. The number of hydrogen-bond donors (Lipinski definition) is 3. The van der Waals surface area contributed by atoms with E-state index in [1.807, 2.05) is 13.8 Å². The quantitative estimate of drug-likeness (QED) is 0.724. The zero-order valence-electron chi connectivity index (χ0n) is 12.4. The lowest BCUT2D eigenvalue weighted by molar-refractivity contribution is -0.123. The van der Waals surface area contributed by atoms with Crippen LogP contribution >= 0.6 is 0 Å². The summed E-state index contributed by atoms with van der Waals surface area (Å²) in [5.41, 5.74) is 4.89. The third-order valence-electron chi connectivity index (χ3n) is 4.85. The molecule has 4 nitrogen and oxygen atoms in total. The van der Waals surface area contributed by atoms with Crippen molar-refractivity contribution in [1.29, 1.82) is 0 Å². The SMILES string of the molecule is CC(C)(NC1CCCCC1C1CCCCN1)C(N)=O. The Kier molecular flexibility index (Phi) is 4.85. The molecule has 1 aliphatic carbocycles. The minimum absolute atomic E-state index is 0.256. The summed E-state index contributed by atoms with van der Waals surface area (Å²) in [6.45, 7) is 4.94. The van der Waals surface area contributed by atoms with Crippen molar-refractivity contribution in [1.82, 2.24) is 10.6 Å². The molecule has 0 spiro atoms. The second kappa shape index (κ2) is 6.23. The third kappa shape index (κ3) is 3.69. The lowest BCUT2D eigenvalue weighted by Crippen LogP contribution is -2.59. The van der Waals surface area contributed by atoms with E-state index in [0.29, 0.717) is 18.0 Å². The highest BCUT2D eigenvalue weighted by atomic mass is 16.1. The van der Waals surface area contributed by atoms with Crippen LogP contribution in [0.25, 0.3) is 0 Å². The predicted octanol–water partition coefficient (Wildman–Crippen LogP) is 1.54. The molecule has 3 atom stereocenters. The first-order chi connectivity index (χ1) is 9.00. The number of hydrogen-bond acceptors (Lipinski definition) is 3. The minimum atomic E-state index is -0.602. The maximum absolute atomic E-state index is 11.5. The topological polar surface area (TPSA) is 67.2 Å². The molecule has 4 N–H and O–H groups in total. The van der Waals surface area contributed by atoms with Crippen molar-refractivity contribution in [3.05, 3.63) is 0 Å². The van der Waals surface area contributed by atoms with Crippen LogP contribution in [0.4, 0.5) is 0 Å². The lowest BCUT2D eigenvalue weighted by atomic mass is 9.76. The Labute approximate surface area is 116 Å². The number of nitrogens with two attached hydrogens (primary N) is 1. The Balaban J connectivity index is 2.01. The molecule has 4 heteroatoms. The largest absolute Gasteiger partial charge is 0.368 e. The van der Waals surface area contributed by atoms with Gasteiger partial charge in [0.15, 0.2) is 0 Å². The molecule has 0 aromatic heterocycles. The summed E-state index contributed by atoms with van der Waals surface area (Å²) in [4.78, 5) is 11.5. The number of piperidine rings is 1. The van der Waals surface area contributed by atoms with E-state index in [9.17, 15) is 4.79 Å². The van der Waals surface area contributed by atoms with Crippen molar-refractivity contribution in [2.24, 2.45) is 11.7 Å². The maximum atomic E-state index is 11.5. The molecule has 110 valence electrons. The van der Waals surface area contributed by atoms with Gasteiger partial charge in [-0.3, -0.25) is 4.79 Å². The number of carbonyl (C=O) groups is 1.